The molecule has 1 N–H and O–H groups in total. The summed E-state index contributed by atoms with van der Waals surface area (Å²) < 4.78 is 3.73. The molecule has 1 amide bonds. The number of carbonyl (C=O) groups is 2. The second-order valence-corrected chi connectivity index (χ2v) is 7.51. The van der Waals surface area contributed by atoms with Gasteiger partial charge in [-0.05, 0) is 37.6 Å². The number of hydrogen-bond acceptors (Lipinski definition) is 3. The molecule has 1 aromatic rings. The van der Waals surface area contributed by atoms with Crippen molar-refractivity contribution >= 4 is 46.5 Å². The Morgan fingerprint density at radius 2 is 1.78 bits per heavy atom. The van der Waals surface area contributed by atoms with Crippen LogP contribution >= 0.6 is 34.8 Å². The molecular formula is C16H20Cl3NO3. The van der Waals surface area contributed by atoms with Crippen molar-refractivity contribution in [1.29, 1.82) is 0 Å². The van der Waals surface area contributed by atoms with Crippen LogP contribution in [0.4, 0.5) is 0 Å². The Morgan fingerprint density at radius 1 is 1.17 bits per heavy atom. The Kier molecular flexibility index (Phi) is 8.17. The van der Waals surface area contributed by atoms with Crippen LogP contribution in [0.2, 0.25) is 0 Å². The highest BCUT2D eigenvalue weighted by Crippen LogP contribution is 2.32. The summed E-state index contributed by atoms with van der Waals surface area (Å²) in [6.07, 6.45) is 1.96. The molecule has 0 aliphatic carbocycles. The van der Waals surface area contributed by atoms with Crippen LogP contribution in [-0.2, 0) is 4.79 Å². The Bertz CT molecular complexity index is 526. The van der Waals surface area contributed by atoms with Gasteiger partial charge in [-0.2, -0.15) is 0 Å². The number of rotatable bonds is 8. The number of nitrogens with one attached hydrogen (secondary N) is 1. The summed E-state index contributed by atoms with van der Waals surface area (Å²) in [7, 11) is 0. The summed E-state index contributed by atoms with van der Waals surface area (Å²) in [5, 5.41) is 2.58. The van der Waals surface area contributed by atoms with Crippen LogP contribution in [0.3, 0.4) is 0 Å². The van der Waals surface area contributed by atoms with E-state index in [-0.39, 0.29) is 11.7 Å². The van der Waals surface area contributed by atoms with Crippen LogP contribution in [0.5, 0.6) is 5.75 Å². The molecule has 128 valence electrons. The van der Waals surface area contributed by atoms with E-state index in [1.165, 1.54) is 6.92 Å². The van der Waals surface area contributed by atoms with Gasteiger partial charge in [-0.25, -0.2) is 0 Å². The largest absolute Gasteiger partial charge is 0.466 e. The van der Waals surface area contributed by atoms with Gasteiger partial charge in [0.25, 0.3) is 0 Å². The molecule has 0 aliphatic heterocycles. The minimum Gasteiger partial charge on any atom is -0.466 e. The van der Waals surface area contributed by atoms with Gasteiger partial charge in [0, 0.05) is 12.0 Å². The molecule has 0 fully saturated rings. The quantitative estimate of drug-likeness (QED) is 0.309. The first-order chi connectivity index (χ1) is 10.7. The number of amides is 1. The number of hydrogen-bond donors (Lipinski definition) is 1. The number of halogens is 3. The number of ether oxygens (including phenoxy) is 1. The lowest BCUT2D eigenvalue weighted by molar-refractivity contribution is -0.123. The Hall–Kier alpha value is -0.970. The van der Waals surface area contributed by atoms with Crippen molar-refractivity contribution < 1.29 is 14.3 Å². The highest BCUT2D eigenvalue weighted by molar-refractivity contribution is 6.68. The first kappa shape index (κ1) is 20.1. The van der Waals surface area contributed by atoms with Gasteiger partial charge in [0.2, 0.25) is 15.9 Å². The first-order valence-electron chi connectivity index (χ1n) is 7.37. The van der Waals surface area contributed by atoms with E-state index in [2.05, 4.69) is 12.2 Å². The van der Waals surface area contributed by atoms with Gasteiger partial charge in [0.05, 0.1) is 0 Å². The van der Waals surface area contributed by atoms with E-state index >= 15 is 0 Å². The Labute approximate surface area is 151 Å². The molecule has 1 atom stereocenters. The molecule has 1 rings (SSSR count). The van der Waals surface area contributed by atoms with E-state index in [4.69, 9.17) is 39.5 Å². The normalized spacial score (nSPS) is 12.6. The summed E-state index contributed by atoms with van der Waals surface area (Å²) >= 11 is 17.6. The molecule has 0 saturated heterocycles. The van der Waals surface area contributed by atoms with Crippen LogP contribution in [0.15, 0.2) is 24.3 Å². The zero-order valence-electron chi connectivity index (χ0n) is 13.1. The number of ketones is 1. The lowest BCUT2D eigenvalue weighted by atomic mass is 10.1. The van der Waals surface area contributed by atoms with Crippen LogP contribution in [0, 0.1) is 0 Å². The number of Topliss-reactive ketones (excluding diaryl/α,β-unsaturated/α-hetero) is 1. The minimum atomic E-state index is -1.82. The van der Waals surface area contributed by atoms with Crippen LogP contribution in [0.1, 0.15) is 49.9 Å². The lowest BCUT2D eigenvalue weighted by Crippen LogP contribution is -2.47. The molecule has 0 bridgehead atoms. The van der Waals surface area contributed by atoms with Gasteiger partial charge >= 0.3 is 0 Å². The SMILES string of the molecule is CCCCCC(=O)N[C@@H](Oc1ccc(C(C)=O)cc1)C(Cl)(Cl)Cl. The maximum atomic E-state index is 11.9. The fourth-order valence-corrected chi connectivity index (χ4v) is 2.13. The maximum Gasteiger partial charge on any atom is 0.246 e. The fraction of sp³-hybridized carbons (Fsp3) is 0.500. The van der Waals surface area contributed by atoms with Crippen molar-refractivity contribution in [2.75, 3.05) is 0 Å². The third-order valence-corrected chi connectivity index (χ3v) is 3.71. The second-order valence-electron chi connectivity index (χ2n) is 5.14. The second kappa shape index (κ2) is 9.36. The van der Waals surface area contributed by atoms with Gasteiger partial charge in [0.1, 0.15) is 5.75 Å². The molecule has 0 heterocycles. The van der Waals surface area contributed by atoms with Crippen molar-refractivity contribution in [3.05, 3.63) is 29.8 Å². The molecule has 0 spiro atoms. The van der Waals surface area contributed by atoms with E-state index in [9.17, 15) is 9.59 Å². The van der Waals surface area contributed by atoms with Crippen molar-refractivity contribution in [3.8, 4) is 5.75 Å². The summed E-state index contributed by atoms with van der Waals surface area (Å²) in [6.45, 7) is 3.52. The van der Waals surface area contributed by atoms with E-state index in [1.54, 1.807) is 24.3 Å². The topological polar surface area (TPSA) is 55.4 Å². The Morgan fingerprint density at radius 3 is 2.26 bits per heavy atom. The average molecular weight is 381 g/mol. The van der Waals surface area contributed by atoms with E-state index in [0.717, 1.165) is 19.3 Å². The Balaban J connectivity index is 2.71. The molecule has 0 radical (unpaired) electrons. The molecule has 0 aliphatic rings. The maximum absolute atomic E-state index is 11.9. The van der Waals surface area contributed by atoms with Crippen LogP contribution in [-0.4, -0.2) is 21.7 Å². The van der Waals surface area contributed by atoms with Crippen LogP contribution in [0.25, 0.3) is 0 Å². The number of carbonyl (C=O) groups excluding carboxylic acids is 2. The predicted molar refractivity (Wildman–Crippen MR) is 93.4 cm³/mol. The van der Waals surface area contributed by atoms with Crippen molar-refractivity contribution in [2.24, 2.45) is 0 Å². The zero-order valence-corrected chi connectivity index (χ0v) is 15.3. The van der Waals surface area contributed by atoms with Gasteiger partial charge in [-0.15, -0.1) is 0 Å². The number of unbranched alkanes of at least 4 members (excludes halogenated alkanes) is 2. The molecule has 0 aromatic heterocycles. The average Bonchev–Trinajstić information content (AvgIpc) is 2.46. The van der Waals surface area contributed by atoms with E-state index in [1.807, 2.05) is 0 Å². The summed E-state index contributed by atoms with van der Waals surface area (Å²) in [5.74, 6) is 0.0917. The third-order valence-electron chi connectivity index (χ3n) is 3.11. The van der Waals surface area contributed by atoms with Gasteiger partial charge in [0.15, 0.2) is 5.78 Å². The third kappa shape index (κ3) is 7.42. The lowest BCUT2D eigenvalue weighted by Gasteiger charge is -2.26. The number of alkyl halides is 3. The number of benzene rings is 1. The summed E-state index contributed by atoms with van der Waals surface area (Å²) in [6, 6.07) is 6.39. The molecule has 0 unspecified atom stereocenters. The zero-order chi connectivity index (χ0) is 17.5. The standard InChI is InChI=1S/C16H20Cl3NO3/c1-3-4-5-6-14(22)20-15(16(17,18)19)23-13-9-7-12(8-10-13)11(2)21/h7-10,15H,3-6H2,1-2H3,(H,20,22)/t15-/m0/s1. The minimum absolute atomic E-state index is 0.0568. The predicted octanol–water partition coefficient (Wildman–Crippen LogP) is 4.66. The molecule has 7 heteroatoms. The molecule has 4 nitrogen and oxygen atoms in total. The molecule has 1 aromatic carbocycles. The van der Waals surface area contributed by atoms with Crippen LogP contribution < -0.4 is 10.1 Å². The van der Waals surface area contributed by atoms with Gasteiger partial charge in [-0.3, -0.25) is 9.59 Å². The smallest absolute Gasteiger partial charge is 0.246 e. The van der Waals surface area contributed by atoms with Gasteiger partial charge in [-0.1, -0.05) is 54.6 Å². The van der Waals surface area contributed by atoms with Crippen molar-refractivity contribution in [1.82, 2.24) is 5.32 Å². The van der Waals surface area contributed by atoms with E-state index < -0.39 is 10.0 Å². The first-order valence-corrected chi connectivity index (χ1v) is 8.51. The fourth-order valence-electron chi connectivity index (χ4n) is 1.84. The molecular weight excluding hydrogens is 361 g/mol. The monoisotopic (exact) mass is 379 g/mol. The summed E-state index contributed by atoms with van der Waals surface area (Å²) in [5.41, 5.74) is 0.548. The summed E-state index contributed by atoms with van der Waals surface area (Å²) in [4.78, 5) is 23.1. The highest BCUT2D eigenvalue weighted by atomic mass is 35.6. The van der Waals surface area contributed by atoms with E-state index in [0.29, 0.717) is 17.7 Å². The molecule has 23 heavy (non-hydrogen) atoms. The highest BCUT2D eigenvalue weighted by Gasteiger charge is 2.36. The molecule has 0 saturated carbocycles. The van der Waals surface area contributed by atoms with Crippen molar-refractivity contribution in [3.63, 3.8) is 0 Å². The van der Waals surface area contributed by atoms with Crippen molar-refractivity contribution in [2.45, 2.75) is 49.6 Å². The van der Waals surface area contributed by atoms with Gasteiger partial charge < -0.3 is 10.1 Å².